The molecule has 0 fully saturated rings. The highest BCUT2D eigenvalue weighted by molar-refractivity contribution is 5.74. The van der Waals surface area contributed by atoms with Gasteiger partial charge >= 0.3 is 6.03 Å². The van der Waals surface area contributed by atoms with Crippen LogP contribution in [0.5, 0.6) is 11.5 Å². The number of amides is 2. The molecule has 8 nitrogen and oxygen atoms in total. The van der Waals surface area contributed by atoms with Gasteiger partial charge in [0.15, 0.2) is 0 Å². The van der Waals surface area contributed by atoms with Crippen LogP contribution in [0.15, 0.2) is 24.4 Å². The lowest BCUT2D eigenvalue weighted by atomic mass is 10.1. The first-order valence-electron chi connectivity index (χ1n) is 8.44. The van der Waals surface area contributed by atoms with Crippen molar-refractivity contribution in [3.05, 3.63) is 35.7 Å². The molecule has 1 unspecified atom stereocenters. The van der Waals surface area contributed by atoms with Crippen LogP contribution in [-0.2, 0) is 7.05 Å². The standard InChI is InChI=1S/C18H27N5O3/c1-12(17-11-23(3)22-13(17)2)21-18(24)20-7-6-19-14-8-15(25-4)10-16(9-14)26-5/h8-12,19H,6-7H2,1-5H3,(H2,20,21,24). The van der Waals surface area contributed by atoms with Crippen molar-refractivity contribution in [3.63, 3.8) is 0 Å². The summed E-state index contributed by atoms with van der Waals surface area (Å²) in [6, 6.07) is 5.22. The fourth-order valence-corrected chi connectivity index (χ4v) is 2.66. The number of nitrogens with one attached hydrogen (secondary N) is 3. The third-order valence-electron chi connectivity index (χ3n) is 3.96. The van der Waals surface area contributed by atoms with Gasteiger partial charge in [-0.25, -0.2) is 4.79 Å². The molecule has 0 aliphatic rings. The summed E-state index contributed by atoms with van der Waals surface area (Å²) in [6.45, 7) is 4.91. The van der Waals surface area contributed by atoms with Crippen molar-refractivity contribution in [2.24, 2.45) is 7.05 Å². The zero-order chi connectivity index (χ0) is 19.1. The van der Waals surface area contributed by atoms with Gasteiger partial charge in [-0.1, -0.05) is 0 Å². The van der Waals surface area contributed by atoms with Crippen LogP contribution in [0.2, 0.25) is 0 Å². The van der Waals surface area contributed by atoms with Crippen LogP contribution in [0.4, 0.5) is 10.5 Å². The first-order chi connectivity index (χ1) is 12.4. The van der Waals surface area contributed by atoms with Gasteiger partial charge in [-0.05, 0) is 13.8 Å². The van der Waals surface area contributed by atoms with Gasteiger partial charge in [0.2, 0.25) is 0 Å². The Morgan fingerprint density at radius 2 is 1.85 bits per heavy atom. The summed E-state index contributed by atoms with van der Waals surface area (Å²) < 4.78 is 12.2. The maximum Gasteiger partial charge on any atom is 0.315 e. The van der Waals surface area contributed by atoms with Crippen molar-refractivity contribution in [1.82, 2.24) is 20.4 Å². The Hall–Kier alpha value is -2.90. The lowest BCUT2D eigenvalue weighted by Gasteiger charge is -2.15. The smallest absolute Gasteiger partial charge is 0.315 e. The maximum atomic E-state index is 12.0. The summed E-state index contributed by atoms with van der Waals surface area (Å²) in [5, 5.41) is 13.3. The predicted octanol–water partition coefficient (Wildman–Crippen LogP) is 2.22. The molecule has 0 bridgehead atoms. The number of methoxy groups -OCH3 is 2. The predicted molar refractivity (Wildman–Crippen MR) is 101 cm³/mol. The van der Waals surface area contributed by atoms with Gasteiger partial charge in [0.05, 0.1) is 26.0 Å². The summed E-state index contributed by atoms with van der Waals surface area (Å²) >= 11 is 0. The SMILES string of the molecule is COc1cc(NCCNC(=O)NC(C)c2cn(C)nc2C)cc(OC)c1. The maximum absolute atomic E-state index is 12.0. The van der Waals surface area contributed by atoms with E-state index in [0.29, 0.717) is 24.6 Å². The van der Waals surface area contributed by atoms with Gasteiger partial charge in [0.25, 0.3) is 0 Å². The van der Waals surface area contributed by atoms with E-state index in [-0.39, 0.29) is 12.1 Å². The fraction of sp³-hybridized carbons (Fsp3) is 0.444. The molecule has 2 rings (SSSR count). The van der Waals surface area contributed by atoms with Crippen LogP contribution in [0, 0.1) is 6.92 Å². The number of urea groups is 1. The molecule has 0 aliphatic carbocycles. The third kappa shape index (κ3) is 5.30. The first kappa shape index (κ1) is 19.4. The van der Waals surface area contributed by atoms with E-state index in [1.165, 1.54) is 0 Å². The van der Waals surface area contributed by atoms with E-state index in [0.717, 1.165) is 16.9 Å². The van der Waals surface area contributed by atoms with Gasteiger partial charge in [0.1, 0.15) is 11.5 Å². The molecule has 2 aromatic rings. The van der Waals surface area contributed by atoms with Crippen molar-refractivity contribution < 1.29 is 14.3 Å². The Balaban J connectivity index is 1.77. The Labute approximate surface area is 153 Å². The minimum Gasteiger partial charge on any atom is -0.497 e. The number of aryl methyl sites for hydroxylation is 2. The molecule has 0 radical (unpaired) electrons. The topological polar surface area (TPSA) is 89.4 Å². The van der Waals surface area contributed by atoms with E-state index >= 15 is 0 Å². The van der Waals surface area contributed by atoms with Crippen LogP contribution in [0.25, 0.3) is 0 Å². The number of hydrogen-bond donors (Lipinski definition) is 3. The summed E-state index contributed by atoms with van der Waals surface area (Å²) in [6.07, 6.45) is 1.91. The van der Waals surface area contributed by atoms with Gasteiger partial charge in [0, 0.05) is 55.8 Å². The Morgan fingerprint density at radius 1 is 1.19 bits per heavy atom. The molecule has 0 spiro atoms. The van der Waals surface area contributed by atoms with Crippen molar-refractivity contribution in [2.45, 2.75) is 19.9 Å². The van der Waals surface area contributed by atoms with Gasteiger partial charge < -0.3 is 25.4 Å². The van der Waals surface area contributed by atoms with Crippen molar-refractivity contribution >= 4 is 11.7 Å². The second-order valence-electron chi connectivity index (χ2n) is 5.99. The quantitative estimate of drug-likeness (QED) is 0.627. The highest BCUT2D eigenvalue weighted by atomic mass is 16.5. The summed E-state index contributed by atoms with van der Waals surface area (Å²) in [7, 11) is 5.08. The normalized spacial score (nSPS) is 11.6. The van der Waals surface area contributed by atoms with Gasteiger partial charge in [-0.15, -0.1) is 0 Å². The molecule has 26 heavy (non-hydrogen) atoms. The number of anilines is 1. The summed E-state index contributed by atoms with van der Waals surface area (Å²) in [4.78, 5) is 12.0. The number of aromatic nitrogens is 2. The molecule has 1 aromatic carbocycles. The van der Waals surface area contributed by atoms with Gasteiger partial charge in [-0.2, -0.15) is 5.10 Å². The first-order valence-corrected chi connectivity index (χ1v) is 8.44. The number of rotatable bonds is 8. The Bertz CT molecular complexity index is 722. The molecular formula is C18H27N5O3. The number of carbonyl (C=O) groups is 1. The largest absolute Gasteiger partial charge is 0.497 e. The highest BCUT2D eigenvalue weighted by Gasteiger charge is 2.13. The Kier molecular flexibility index (Phi) is 6.71. The molecule has 142 valence electrons. The van der Waals surface area contributed by atoms with E-state index in [2.05, 4.69) is 21.0 Å². The molecular weight excluding hydrogens is 334 g/mol. The zero-order valence-electron chi connectivity index (χ0n) is 15.9. The van der Waals surface area contributed by atoms with Crippen LogP contribution in [0.1, 0.15) is 24.2 Å². The molecule has 1 heterocycles. The number of ether oxygens (including phenoxy) is 2. The number of nitrogens with zero attached hydrogens (tertiary/aromatic N) is 2. The third-order valence-corrected chi connectivity index (χ3v) is 3.96. The monoisotopic (exact) mass is 361 g/mol. The van der Waals surface area contributed by atoms with E-state index < -0.39 is 0 Å². The molecule has 0 aliphatic heterocycles. The summed E-state index contributed by atoms with van der Waals surface area (Å²) in [5.74, 6) is 1.41. The van der Waals surface area contributed by atoms with E-state index in [9.17, 15) is 4.79 Å². The lowest BCUT2D eigenvalue weighted by Crippen LogP contribution is -2.39. The number of benzene rings is 1. The fourth-order valence-electron chi connectivity index (χ4n) is 2.66. The molecule has 8 heteroatoms. The van der Waals surface area contributed by atoms with Crippen molar-refractivity contribution in [3.8, 4) is 11.5 Å². The minimum absolute atomic E-state index is 0.112. The van der Waals surface area contributed by atoms with Crippen LogP contribution in [0.3, 0.4) is 0 Å². The molecule has 0 saturated carbocycles. The van der Waals surface area contributed by atoms with E-state index in [1.807, 2.05) is 39.2 Å². The lowest BCUT2D eigenvalue weighted by molar-refractivity contribution is 0.238. The number of carbonyl (C=O) groups excluding carboxylic acids is 1. The van der Waals surface area contributed by atoms with Gasteiger partial charge in [-0.3, -0.25) is 4.68 Å². The zero-order valence-corrected chi connectivity index (χ0v) is 15.9. The van der Waals surface area contributed by atoms with Crippen LogP contribution >= 0.6 is 0 Å². The minimum atomic E-state index is -0.217. The van der Waals surface area contributed by atoms with Crippen LogP contribution in [-0.4, -0.2) is 43.1 Å². The average molecular weight is 361 g/mol. The second kappa shape index (κ2) is 8.98. The second-order valence-corrected chi connectivity index (χ2v) is 5.99. The molecule has 1 atom stereocenters. The average Bonchev–Trinajstić information content (AvgIpc) is 2.96. The Morgan fingerprint density at radius 3 is 2.38 bits per heavy atom. The molecule has 3 N–H and O–H groups in total. The van der Waals surface area contributed by atoms with Crippen molar-refractivity contribution in [1.29, 1.82) is 0 Å². The highest BCUT2D eigenvalue weighted by Crippen LogP contribution is 2.25. The van der Waals surface area contributed by atoms with Crippen molar-refractivity contribution in [2.75, 3.05) is 32.6 Å². The molecule has 2 amide bonds. The number of hydrogen-bond acceptors (Lipinski definition) is 5. The molecule has 0 saturated heterocycles. The molecule has 1 aromatic heterocycles. The van der Waals surface area contributed by atoms with E-state index in [4.69, 9.17) is 9.47 Å². The van der Waals surface area contributed by atoms with E-state index in [1.54, 1.807) is 25.0 Å². The summed E-state index contributed by atoms with van der Waals surface area (Å²) in [5.41, 5.74) is 2.78. The van der Waals surface area contributed by atoms with Crippen LogP contribution < -0.4 is 25.4 Å².